The summed E-state index contributed by atoms with van der Waals surface area (Å²) in [5.74, 6) is 0.936. The van der Waals surface area contributed by atoms with E-state index in [1.807, 2.05) is 13.0 Å². The van der Waals surface area contributed by atoms with E-state index in [4.69, 9.17) is 21.9 Å². The summed E-state index contributed by atoms with van der Waals surface area (Å²) in [7, 11) is 0. The molecule has 0 bridgehead atoms. The first-order valence-electron chi connectivity index (χ1n) is 5.15. The molecule has 6 heteroatoms. The van der Waals surface area contributed by atoms with Crippen molar-refractivity contribution in [3.05, 3.63) is 33.5 Å². The second-order valence-corrected chi connectivity index (χ2v) is 4.98. The summed E-state index contributed by atoms with van der Waals surface area (Å²) in [4.78, 5) is 4.25. The number of halogens is 2. The van der Waals surface area contributed by atoms with E-state index >= 15 is 0 Å². The van der Waals surface area contributed by atoms with Crippen molar-refractivity contribution in [2.75, 3.05) is 0 Å². The Hall–Kier alpha value is -0.910. The molecule has 90 valence electrons. The van der Waals surface area contributed by atoms with Gasteiger partial charge < -0.3 is 10.3 Å². The molecule has 0 fully saturated rings. The van der Waals surface area contributed by atoms with E-state index < -0.39 is 0 Å². The Morgan fingerprint density at radius 2 is 2.24 bits per heavy atom. The number of nitrogens with two attached hydrogens (primary N) is 1. The SMILES string of the molecule is CCC(N)c1noc(-c2cc(Cl)cc(Br)c2)n1. The predicted octanol–water partition coefficient (Wildman–Crippen LogP) is 3.56. The Morgan fingerprint density at radius 1 is 1.47 bits per heavy atom. The monoisotopic (exact) mass is 315 g/mol. The number of nitrogens with zero attached hydrogens (tertiary/aromatic N) is 2. The lowest BCUT2D eigenvalue weighted by Crippen LogP contribution is -2.10. The minimum absolute atomic E-state index is 0.199. The van der Waals surface area contributed by atoms with E-state index in [9.17, 15) is 0 Å². The first-order valence-corrected chi connectivity index (χ1v) is 6.33. The van der Waals surface area contributed by atoms with Gasteiger partial charge in [-0.1, -0.05) is 39.6 Å². The van der Waals surface area contributed by atoms with Gasteiger partial charge in [0.1, 0.15) is 0 Å². The van der Waals surface area contributed by atoms with Crippen LogP contribution in [0.15, 0.2) is 27.2 Å². The van der Waals surface area contributed by atoms with Crippen molar-refractivity contribution in [3.63, 3.8) is 0 Å². The molecule has 1 unspecified atom stereocenters. The first kappa shape index (κ1) is 12.5. The lowest BCUT2D eigenvalue weighted by molar-refractivity contribution is 0.415. The van der Waals surface area contributed by atoms with Crippen LogP contribution in [0.2, 0.25) is 5.02 Å². The van der Waals surface area contributed by atoms with Crippen LogP contribution in [-0.2, 0) is 0 Å². The fourth-order valence-electron chi connectivity index (χ4n) is 1.36. The van der Waals surface area contributed by atoms with E-state index in [1.54, 1.807) is 12.1 Å². The van der Waals surface area contributed by atoms with Gasteiger partial charge in [-0.2, -0.15) is 4.98 Å². The molecule has 1 atom stereocenters. The average molecular weight is 317 g/mol. The first-order chi connectivity index (χ1) is 8.10. The minimum atomic E-state index is -0.199. The van der Waals surface area contributed by atoms with Crippen molar-refractivity contribution in [2.24, 2.45) is 5.73 Å². The Bertz CT molecular complexity index is 509. The van der Waals surface area contributed by atoms with Gasteiger partial charge in [-0.15, -0.1) is 0 Å². The minimum Gasteiger partial charge on any atom is -0.334 e. The summed E-state index contributed by atoms with van der Waals surface area (Å²) >= 11 is 9.31. The molecule has 0 aliphatic carbocycles. The van der Waals surface area contributed by atoms with Crippen molar-refractivity contribution in [1.29, 1.82) is 0 Å². The molecule has 2 N–H and O–H groups in total. The van der Waals surface area contributed by atoms with Crippen LogP contribution in [0.1, 0.15) is 25.2 Å². The highest BCUT2D eigenvalue weighted by Crippen LogP contribution is 2.27. The van der Waals surface area contributed by atoms with Crippen molar-refractivity contribution in [2.45, 2.75) is 19.4 Å². The van der Waals surface area contributed by atoms with Gasteiger partial charge in [0, 0.05) is 15.1 Å². The van der Waals surface area contributed by atoms with Crippen LogP contribution in [-0.4, -0.2) is 10.1 Å². The molecular formula is C11H11BrClN3O. The molecule has 0 saturated carbocycles. The van der Waals surface area contributed by atoms with E-state index in [2.05, 4.69) is 26.1 Å². The highest BCUT2D eigenvalue weighted by molar-refractivity contribution is 9.10. The van der Waals surface area contributed by atoms with Crippen molar-refractivity contribution in [1.82, 2.24) is 10.1 Å². The van der Waals surface area contributed by atoms with Gasteiger partial charge in [0.15, 0.2) is 5.82 Å². The van der Waals surface area contributed by atoms with Crippen LogP contribution in [0.3, 0.4) is 0 Å². The number of hydrogen-bond donors (Lipinski definition) is 1. The molecule has 0 aliphatic rings. The third-order valence-electron chi connectivity index (χ3n) is 2.32. The van der Waals surface area contributed by atoms with Crippen molar-refractivity contribution < 1.29 is 4.52 Å². The van der Waals surface area contributed by atoms with Crippen molar-refractivity contribution >= 4 is 27.5 Å². The van der Waals surface area contributed by atoms with Gasteiger partial charge >= 0.3 is 0 Å². The van der Waals surface area contributed by atoms with E-state index in [0.717, 1.165) is 16.5 Å². The highest BCUT2D eigenvalue weighted by Gasteiger charge is 2.14. The van der Waals surface area contributed by atoms with Gasteiger partial charge in [-0.3, -0.25) is 0 Å². The third-order valence-corrected chi connectivity index (χ3v) is 3.00. The number of benzene rings is 1. The fraction of sp³-hybridized carbons (Fsp3) is 0.273. The van der Waals surface area contributed by atoms with Crippen molar-refractivity contribution in [3.8, 4) is 11.5 Å². The Morgan fingerprint density at radius 3 is 2.88 bits per heavy atom. The molecular weight excluding hydrogens is 305 g/mol. The third kappa shape index (κ3) is 2.86. The quantitative estimate of drug-likeness (QED) is 0.940. The zero-order chi connectivity index (χ0) is 12.4. The standard InChI is InChI=1S/C11H11BrClN3O/c1-2-9(14)10-15-11(17-16-10)6-3-7(12)5-8(13)4-6/h3-5,9H,2,14H2,1H3. The summed E-state index contributed by atoms with van der Waals surface area (Å²) in [6, 6.07) is 5.22. The number of hydrogen-bond acceptors (Lipinski definition) is 4. The largest absolute Gasteiger partial charge is 0.334 e. The summed E-state index contributed by atoms with van der Waals surface area (Å²) in [5, 5.41) is 4.46. The summed E-state index contributed by atoms with van der Waals surface area (Å²) in [6.07, 6.45) is 0.762. The van der Waals surface area contributed by atoms with E-state index in [-0.39, 0.29) is 6.04 Å². The molecule has 0 amide bonds. The van der Waals surface area contributed by atoms with Crippen LogP contribution in [0.5, 0.6) is 0 Å². The Kier molecular flexibility index (Phi) is 3.81. The predicted molar refractivity (Wildman–Crippen MR) is 69.7 cm³/mol. The maximum atomic E-state index is 5.95. The molecule has 1 aromatic carbocycles. The number of aromatic nitrogens is 2. The normalized spacial score (nSPS) is 12.7. The lowest BCUT2D eigenvalue weighted by atomic mass is 10.2. The zero-order valence-corrected chi connectivity index (χ0v) is 11.5. The van der Waals surface area contributed by atoms with Gasteiger partial charge in [-0.05, 0) is 24.6 Å². The van der Waals surface area contributed by atoms with Gasteiger partial charge in [-0.25, -0.2) is 0 Å². The molecule has 0 saturated heterocycles. The topological polar surface area (TPSA) is 64.9 Å². The van der Waals surface area contributed by atoms with Crippen LogP contribution in [0, 0.1) is 0 Å². The zero-order valence-electron chi connectivity index (χ0n) is 9.15. The van der Waals surface area contributed by atoms with E-state index in [1.165, 1.54) is 0 Å². The Balaban J connectivity index is 2.36. The molecule has 1 aromatic heterocycles. The maximum Gasteiger partial charge on any atom is 0.258 e. The summed E-state index contributed by atoms with van der Waals surface area (Å²) < 4.78 is 6.02. The average Bonchev–Trinajstić information content (AvgIpc) is 2.76. The second-order valence-electron chi connectivity index (χ2n) is 3.63. The molecule has 1 heterocycles. The second kappa shape index (κ2) is 5.16. The molecule has 17 heavy (non-hydrogen) atoms. The maximum absolute atomic E-state index is 5.95. The van der Waals surface area contributed by atoms with Crippen LogP contribution in [0.25, 0.3) is 11.5 Å². The number of rotatable bonds is 3. The molecule has 0 aliphatic heterocycles. The summed E-state index contributed by atoms with van der Waals surface area (Å²) in [5.41, 5.74) is 6.59. The van der Waals surface area contributed by atoms with Gasteiger partial charge in [0.2, 0.25) is 0 Å². The lowest BCUT2D eigenvalue weighted by Gasteiger charge is -2.00. The Labute approximate surface area is 112 Å². The van der Waals surface area contributed by atoms with Gasteiger partial charge in [0.25, 0.3) is 5.89 Å². The summed E-state index contributed by atoms with van der Waals surface area (Å²) in [6.45, 7) is 1.97. The van der Waals surface area contributed by atoms with Gasteiger partial charge in [0.05, 0.1) is 6.04 Å². The van der Waals surface area contributed by atoms with Crippen LogP contribution < -0.4 is 5.73 Å². The highest BCUT2D eigenvalue weighted by atomic mass is 79.9. The fourth-order valence-corrected chi connectivity index (χ4v) is 2.22. The van der Waals surface area contributed by atoms with Crippen LogP contribution in [0.4, 0.5) is 0 Å². The van der Waals surface area contributed by atoms with Crippen LogP contribution >= 0.6 is 27.5 Å². The molecule has 2 rings (SSSR count). The molecule has 0 radical (unpaired) electrons. The molecule has 2 aromatic rings. The van der Waals surface area contributed by atoms with E-state index in [0.29, 0.717) is 16.7 Å². The smallest absolute Gasteiger partial charge is 0.258 e. The molecule has 0 spiro atoms. The molecule has 4 nitrogen and oxygen atoms in total.